The molecule has 1 heterocycles. The molecule has 1 aliphatic rings. The van der Waals surface area contributed by atoms with Crippen molar-refractivity contribution in [3.8, 4) is 0 Å². The second-order valence-electron chi connectivity index (χ2n) is 4.63. The predicted octanol–water partition coefficient (Wildman–Crippen LogP) is 6.26. The summed E-state index contributed by atoms with van der Waals surface area (Å²) in [4.78, 5) is 5.29. The van der Waals surface area contributed by atoms with Gasteiger partial charge in [0.25, 0.3) is 0 Å². The molecular formula is C15H13Br2NS2. The Morgan fingerprint density at radius 3 is 2.75 bits per heavy atom. The standard InChI is InChI=1S/C15H13Br2NS2/c1-9(8-16)18-10-5-6-12-14(7-10)19-13-4-2-3-11(17)15(13)20-12/h2-7,9,18H,8H2,1H3. The maximum Gasteiger partial charge on any atom is 0.0404 e. The fourth-order valence-corrected chi connectivity index (χ4v) is 5.17. The van der Waals surface area contributed by atoms with Gasteiger partial charge in [-0.25, -0.2) is 0 Å². The molecule has 0 amide bonds. The molecular weight excluding hydrogens is 418 g/mol. The zero-order valence-corrected chi connectivity index (χ0v) is 15.6. The number of hydrogen-bond acceptors (Lipinski definition) is 3. The molecule has 104 valence electrons. The Morgan fingerprint density at radius 1 is 1.10 bits per heavy atom. The van der Waals surface area contributed by atoms with Crippen LogP contribution in [0.1, 0.15) is 6.92 Å². The maximum atomic E-state index is 3.64. The van der Waals surface area contributed by atoms with E-state index in [0.29, 0.717) is 6.04 Å². The van der Waals surface area contributed by atoms with Crippen LogP contribution >= 0.6 is 55.4 Å². The zero-order valence-electron chi connectivity index (χ0n) is 10.8. The van der Waals surface area contributed by atoms with Gasteiger partial charge in [-0.15, -0.1) is 0 Å². The van der Waals surface area contributed by atoms with Crippen molar-refractivity contribution >= 4 is 61.1 Å². The number of nitrogens with one attached hydrogen (secondary N) is 1. The summed E-state index contributed by atoms with van der Waals surface area (Å²) in [5.41, 5.74) is 1.18. The lowest BCUT2D eigenvalue weighted by Crippen LogP contribution is -2.16. The van der Waals surface area contributed by atoms with Gasteiger partial charge in [-0.1, -0.05) is 45.5 Å². The van der Waals surface area contributed by atoms with Gasteiger partial charge in [0, 0.05) is 41.1 Å². The van der Waals surface area contributed by atoms with Crippen molar-refractivity contribution in [3.05, 3.63) is 40.9 Å². The molecule has 0 aromatic heterocycles. The van der Waals surface area contributed by atoms with Gasteiger partial charge < -0.3 is 5.32 Å². The summed E-state index contributed by atoms with van der Waals surface area (Å²) in [6.45, 7) is 2.17. The fourth-order valence-electron chi connectivity index (χ4n) is 1.98. The van der Waals surface area contributed by atoms with E-state index in [4.69, 9.17) is 0 Å². The Labute approximate surface area is 144 Å². The van der Waals surface area contributed by atoms with Gasteiger partial charge in [0.2, 0.25) is 0 Å². The second kappa shape index (κ2) is 6.34. The molecule has 2 aromatic carbocycles. The van der Waals surface area contributed by atoms with E-state index >= 15 is 0 Å². The van der Waals surface area contributed by atoms with Crippen LogP contribution in [-0.4, -0.2) is 11.4 Å². The first-order chi connectivity index (χ1) is 9.67. The quantitative estimate of drug-likeness (QED) is 0.492. The SMILES string of the molecule is CC(CBr)Nc1ccc2c(c1)Sc1cccc(Br)c1S2. The molecule has 1 N–H and O–H groups in total. The normalized spacial score (nSPS) is 14.3. The highest BCUT2D eigenvalue weighted by atomic mass is 79.9. The average molecular weight is 431 g/mol. The molecule has 0 radical (unpaired) electrons. The minimum atomic E-state index is 0.427. The molecule has 0 spiro atoms. The Kier molecular flexibility index (Phi) is 4.70. The average Bonchev–Trinajstić information content (AvgIpc) is 2.46. The lowest BCUT2D eigenvalue weighted by Gasteiger charge is -2.21. The number of halogens is 2. The topological polar surface area (TPSA) is 12.0 Å². The van der Waals surface area contributed by atoms with E-state index < -0.39 is 0 Å². The summed E-state index contributed by atoms with van der Waals surface area (Å²) in [6.07, 6.45) is 0. The minimum absolute atomic E-state index is 0.427. The van der Waals surface area contributed by atoms with Crippen molar-refractivity contribution in [1.29, 1.82) is 0 Å². The number of alkyl halides is 1. The first kappa shape index (κ1) is 14.8. The lowest BCUT2D eigenvalue weighted by atomic mass is 10.3. The van der Waals surface area contributed by atoms with Crippen molar-refractivity contribution in [2.75, 3.05) is 10.6 Å². The Balaban J connectivity index is 1.90. The van der Waals surface area contributed by atoms with E-state index in [-0.39, 0.29) is 0 Å². The van der Waals surface area contributed by atoms with Gasteiger partial charge in [-0.05, 0) is 53.2 Å². The van der Waals surface area contributed by atoms with Crippen LogP contribution in [0.3, 0.4) is 0 Å². The van der Waals surface area contributed by atoms with Crippen LogP contribution in [0.2, 0.25) is 0 Å². The van der Waals surface area contributed by atoms with Gasteiger partial charge in [-0.2, -0.15) is 0 Å². The Hall–Kier alpha value is -0.100. The largest absolute Gasteiger partial charge is 0.382 e. The summed E-state index contributed by atoms with van der Waals surface area (Å²) < 4.78 is 1.17. The highest BCUT2D eigenvalue weighted by molar-refractivity contribution is 9.10. The van der Waals surface area contributed by atoms with E-state index in [2.05, 4.69) is 80.5 Å². The monoisotopic (exact) mass is 429 g/mol. The van der Waals surface area contributed by atoms with Crippen LogP contribution in [0.15, 0.2) is 60.5 Å². The molecule has 2 aromatic rings. The van der Waals surface area contributed by atoms with Crippen molar-refractivity contribution < 1.29 is 0 Å². The third-order valence-electron chi connectivity index (χ3n) is 2.95. The third-order valence-corrected chi connectivity index (χ3v) is 7.44. The smallest absolute Gasteiger partial charge is 0.0404 e. The second-order valence-corrected chi connectivity index (χ2v) is 8.27. The van der Waals surface area contributed by atoms with E-state index in [1.165, 1.54) is 29.7 Å². The van der Waals surface area contributed by atoms with Crippen LogP contribution < -0.4 is 5.32 Å². The summed E-state index contributed by atoms with van der Waals surface area (Å²) in [5.74, 6) is 0. The molecule has 0 aliphatic carbocycles. The number of anilines is 1. The number of hydrogen-bond donors (Lipinski definition) is 1. The third kappa shape index (κ3) is 3.06. The molecule has 0 fully saturated rings. The van der Waals surface area contributed by atoms with E-state index in [1.807, 2.05) is 23.5 Å². The van der Waals surface area contributed by atoms with E-state index in [1.54, 1.807) is 0 Å². The summed E-state index contributed by atoms with van der Waals surface area (Å²) in [7, 11) is 0. The molecule has 1 aliphatic heterocycles. The van der Waals surface area contributed by atoms with Gasteiger partial charge in [0.05, 0.1) is 0 Å². The number of fused-ring (bicyclic) bond motifs is 2. The molecule has 20 heavy (non-hydrogen) atoms. The summed E-state index contributed by atoms with van der Waals surface area (Å²) in [6, 6.07) is 13.4. The van der Waals surface area contributed by atoms with Crippen LogP contribution in [0, 0.1) is 0 Å². The highest BCUT2D eigenvalue weighted by Crippen LogP contribution is 2.51. The number of rotatable bonds is 3. The maximum absolute atomic E-state index is 3.64. The predicted molar refractivity (Wildman–Crippen MR) is 95.7 cm³/mol. The summed E-state index contributed by atoms with van der Waals surface area (Å²) >= 11 is 10.8. The minimum Gasteiger partial charge on any atom is -0.382 e. The number of benzene rings is 2. The van der Waals surface area contributed by atoms with Crippen molar-refractivity contribution in [2.45, 2.75) is 32.5 Å². The first-order valence-electron chi connectivity index (χ1n) is 6.28. The van der Waals surface area contributed by atoms with E-state index in [9.17, 15) is 0 Å². The van der Waals surface area contributed by atoms with Gasteiger partial charge in [0.1, 0.15) is 0 Å². The highest BCUT2D eigenvalue weighted by Gasteiger charge is 2.19. The molecule has 1 atom stereocenters. The van der Waals surface area contributed by atoms with Crippen LogP contribution in [0.5, 0.6) is 0 Å². The molecule has 1 unspecified atom stereocenters. The van der Waals surface area contributed by atoms with Gasteiger partial charge in [-0.3, -0.25) is 0 Å². The van der Waals surface area contributed by atoms with Crippen LogP contribution in [0.4, 0.5) is 5.69 Å². The Bertz CT molecular complexity index is 646. The van der Waals surface area contributed by atoms with Crippen LogP contribution in [0.25, 0.3) is 0 Å². The molecule has 0 saturated carbocycles. The lowest BCUT2D eigenvalue weighted by molar-refractivity contribution is 0.918. The van der Waals surface area contributed by atoms with Gasteiger partial charge in [0.15, 0.2) is 0 Å². The molecule has 0 saturated heterocycles. The molecule has 3 rings (SSSR count). The van der Waals surface area contributed by atoms with Crippen molar-refractivity contribution in [3.63, 3.8) is 0 Å². The van der Waals surface area contributed by atoms with Crippen molar-refractivity contribution in [1.82, 2.24) is 0 Å². The van der Waals surface area contributed by atoms with Gasteiger partial charge >= 0.3 is 0 Å². The van der Waals surface area contributed by atoms with E-state index in [0.717, 1.165) is 5.33 Å². The Morgan fingerprint density at radius 2 is 1.95 bits per heavy atom. The fraction of sp³-hybridized carbons (Fsp3) is 0.200. The summed E-state index contributed by atoms with van der Waals surface area (Å²) in [5, 5.41) is 4.44. The van der Waals surface area contributed by atoms with Crippen LogP contribution in [-0.2, 0) is 0 Å². The zero-order chi connectivity index (χ0) is 14.1. The molecule has 0 bridgehead atoms. The molecule has 5 heteroatoms. The van der Waals surface area contributed by atoms with Crippen molar-refractivity contribution in [2.24, 2.45) is 0 Å². The first-order valence-corrected chi connectivity index (χ1v) is 9.83. The molecule has 1 nitrogen and oxygen atoms in total.